The van der Waals surface area contributed by atoms with Crippen LogP contribution >= 0.6 is 0 Å². The molecule has 0 spiro atoms. The third kappa shape index (κ3) is 4.31. The van der Waals surface area contributed by atoms with Gasteiger partial charge in [0.2, 0.25) is 5.91 Å². The van der Waals surface area contributed by atoms with Crippen molar-refractivity contribution in [2.75, 3.05) is 17.2 Å². The molecule has 1 atom stereocenters. The second-order valence-corrected chi connectivity index (χ2v) is 5.07. The summed E-state index contributed by atoms with van der Waals surface area (Å²) >= 11 is 0. The number of amides is 1. The van der Waals surface area contributed by atoms with Crippen LogP contribution in [0.4, 0.5) is 15.8 Å². The molecule has 4 heteroatoms. The van der Waals surface area contributed by atoms with Crippen molar-refractivity contribution >= 4 is 17.3 Å². The summed E-state index contributed by atoms with van der Waals surface area (Å²) in [6.45, 7) is 4.12. The van der Waals surface area contributed by atoms with Gasteiger partial charge in [-0.1, -0.05) is 37.3 Å². The first-order chi connectivity index (χ1) is 10.1. The number of anilines is 2. The molecular formula is C17H19FN2O. The molecule has 0 aromatic heterocycles. The largest absolute Gasteiger partial charge is 0.382 e. The molecule has 110 valence electrons. The van der Waals surface area contributed by atoms with Gasteiger partial charge in [0.25, 0.3) is 0 Å². The normalized spacial score (nSPS) is 11.8. The van der Waals surface area contributed by atoms with E-state index in [9.17, 15) is 9.18 Å². The van der Waals surface area contributed by atoms with Crippen LogP contribution in [0.1, 0.15) is 25.3 Å². The minimum atomic E-state index is -0.329. The highest BCUT2D eigenvalue weighted by molar-refractivity contribution is 5.89. The molecule has 0 radical (unpaired) electrons. The number of benzene rings is 2. The Morgan fingerprint density at radius 3 is 2.57 bits per heavy atom. The average Bonchev–Trinajstić information content (AvgIpc) is 2.48. The molecule has 3 nitrogen and oxygen atoms in total. The Bertz CT molecular complexity index is 613. The summed E-state index contributed by atoms with van der Waals surface area (Å²) in [7, 11) is 0. The van der Waals surface area contributed by atoms with Crippen LogP contribution in [-0.2, 0) is 4.79 Å². The Kier molecular flexibility index (Phi) is 4.93. The quantitative estimate of drug-likeness (QED) is 0.872. The van der Waals surface area contributed by atoms with E-state index in [1.807, 2.05) is 18.2 Å². The average molecular weight is 286 g/mol. The molecule has 0 bridgehead atoms. The molecule has 2 rings (SSSR count). The Morgan fingerprint density at radius 2 is 1.90 bits per heavy atom. The Morgan fingerprint density at radius 1 is 1.19 bits per heavy atom. The molecule has 2 aromatic rings. The number of carbonyl (C=O) groups excluding carboxylic acids is 1. The van der Waals surface area contributed by atoms with Crippen molar-refractivity contribution in [3.8, 4) is 0 Å². The molecule has 0 aliphatic carbocycles. The molecule has 2 aromatic carbocycles. The highest BCUT2D eigenvalue weighted by atomic mass is 19.1. The predicted octanol–water partition coefficient (Wildman–Crippen LogP) is 4.00. The van der Waals surface area contributed by atoms with Gasteiger partial charge in [-0.05, 0) is 29.7 Å². The van der Waals surface area contributed by atoms with Gasteiger partial charge in [-0.3, -0.25) is 4.79 Å². The zero-order chi connectivity index (χ0) is 15.2. The maximum absolute atomic E-state index is 13.8. The van der Waals surface area contributed by atoms with Gasteiger partial charge in [0, 0.05) is 19.2 Å². The van der Waals surface area contributed by atoms with E-state index in [1.54, 1.807) is 12.1 Å². The van der Waals surface area contributed by atoms with Crippen LogP contribution in [0.15, 0.2) is 48.5 Å². The zero-order valence-electron chi connectivity index (χ0n) is 12.2. The fourth-order valence-corrected chi connectivity index (χ4v) is 2.10. The topological polar surface area (TPSA) is 41.1 Å². The molecule has 2 N–H and O–H groups in total. The fraction of sp³-hybridized carbons (Fsp3) is 0.235. The minimum Gasteiger partial charge on any atom is -0.382 e. The maximum atomic E-state index is 13.8. The molecule has 0 saturated heterocycles. The third-order valence-electron chi connectivity index (χ3n) is 3.25. The number of hydrogen-bond donors (Lipinski definition) is 2. The van der Waals surface area contributed by atoms with E-state index in [2.05, 4.69) is 29.7 Å². The van der Waals surface area contributed by atoms with Crippen LogP contribution in [0.5, 0.6) is 0 Å². The number of hydrogen-bond acceptors (Lipinski definition) is 2. The summed E-state index contributed by atoms with van der Waals surface area (Å²) in [4.78, 5) is 11.0. The van der Waals surface area contributed by atoms with Gasteiger partial charge in [-0.2, -0.15) is 0 Å². The van der Waals surface area contributed by atoms with E-state index < -0.39 is 0 Å². The Hall–Kier alpha value is -2.36. The summed E-state index contributed by atoms with van der Waals surface area (Å²) < 4.78 is 13.8. The zero-order valence-corrected chi connectivity index (χ0v) is 12.2. The van der Waals surface area contributed by atoms with Crippen LogP contribution in [0.25, 0.3) is 0 Å². The minimum absolute atomic E-state index is 0.176. The van der Waals surface area contributed by atoms with Crippen LogP contribution in [0.3, 0.4) is 0 Å². The Labute approximate surface area is 124 Å². The van der Waals surface area contributed by atoms with Gasteiger partial charge in [0.15, 0.2) is 0 Å². The first-order valence-electron chi connectivity index (χ1n) is 6.92. The highest BCUT2D eigenvalue weighted by Crippen LogP contribution is 2.22. The molecule has 1 amide bonds. The van der Waals surface area contributed by atoms with Gasteiger partial charge in [0.05, 0.1) is 5.69 Å². The molecule has 0 aliphatic rings. The van der Waals surface area contributed by atoms with E-state index in [0.717, 1.165) is 0 Å². The van der Waals surface area contributed by atoms with Gasteiger partial charge in [-0.15, -0.1) is 0 Å². The van der Waals surface area contributed by atoms with Gasteiger partial charge < -0.3 is 10.6 Å². The lowest BCUT2D eigenvalue weighted by Crippen LogP contribution is -2.12. The summed E-state index contributed by atoms with van der Waals surface area (Å²) in [5.41, 5.74) is 2.17. The molecule has 0 fully saturated rings. The summed E-state index contributed by atoms with van der Waals surface area (Å²) in [6.07, 6.45) is 0. The predicted molar refractivity (Wildman–Crippen MR) is 84.1 cm³/mol. The van der Waals surface area contributed by atoms with Crippen molar-refractivity contribution < 1.29 is 9.18 Å². The van der Waals surface area contributed by atoms with Crippen molar-refractivity contribution in [1.29, 1.82) is 0 Å². The fourth-order valence-electron chi connectivity index (χ4n) is 2.10. The lowest BCUT2D eigenvalue weighted by atomic mass is 10.0. The molecule has 1 unspecified atom stereocenters. The number of nitrogens with one attached hydrogen (secondary N) is 2. The maximum Gasteiger partial charge on any atom is 0.221 e. The van der Waals surface area contributed by atoms with E-state index >= 15 is 0 Å². The van der Waals surface area contributed by atoms with Gasteiger partial charge in [0.1, 0.15) is 5.82 Å². The molecule has 0 heterocycles. The van der Waals surface area contributed by atoms with E-state index in [0.29, 0.717) is 17.9 Å². The van der Waals surface area contributed by atoms with Crippen LogP contribution in [-0.4, -0.2) is 12.5 Å². The molecule has 0 saturated carbocycles. The summed E-state index contributed by atoms with van der Waals surface area (Å²) in [5, 5.41) is 5.74. The first-order valence-corrected chi connectivity index (χ1v) is 6.92. The van der Waals surface area contributed by atoms with Crippen molar-refractivity contribution in [2.45, 2.75) is 19.8 Å². The van der Waals surface area contributed by atoms with Crippen molar-refractivity contribution in [1.82, 2.24) is 0 Å². The Balaban J connectivity index is 2.04. The monoisotopic (exact) mass is 286 g/mol. The smallest absolute Gasteiger partial charge is 0.221 e. The first kappa shape index (κ1) is 15.0. The van der Waals surface area contributed by atoms with E-state index in [-0.39, 0.29) is 17.6 Å². The SMILES string of the molecule is CC(=O)Nc1ccc(F)c(NCC(C)c2ccccc2)c1. The van der Waals surface area contributed by atoms with E-state index in [4.69, 9.17) is 0 Å². The van der Waals surface area contributed by atoms with Gasteiger partial charge >= 0.3 is 0 Å². The second kappa shape index (κ2) is 6.88. The van der Waals surface area contributed by atoms with Gasteiger partial charge in [-0.25, -0.2) is 4.39 Å². The number of halogens is 1. The second-order valence-electron chi connectivity index (χ2n) is 5.07. The van der Waals surface area contributed by atoms with Crippen molar-refractivity contribution in [2.24, 2.45) is 0 Å². The summed E-state index contributed by atoms with van der Waals surface area (Å²) in [6, 6.07) is 14.6. The summed E-state index contributed by atoms with van der Waals surface area (Å²) in [5.74, 6) is -0.246. The lowest BCUT2D eigenvalue weighted by molar-refractivity contribution is -0.114. The van der Waals surface area contributed by atoms with Crippen molar-refractivity contribution in [3.63, 3.8) is 0 Å². The van der Waals surface area contributed by atoms with Crippen LogP contribution in [0, 0.1) is 5.82 Å². The van der Waals surface area contributed by atoms with E-state index in [1.165, 1.54) is 18.6 Å². The molecular weight excluding hydrogens is 267 g/mol. The highest BCUT2D eigenvalue weighted by Gasteiger charge is 2.08. The molecule has 0 aliphatic heterocycles. The molecule has 21 heavy (non-hydrogen) atoms. The van der Waals surface area contributed by atoms with Crippen LogP contribution < -0.4 is 10.6 Å². The van der Waals surface area contributed by atoms with Crippen LogP contribution in [0.2, 0.25) is 0 Å². The number of rotatable bonds is 5. The standard InChI is InChI=1S/C17H19FN2O/c1-12(14-6-4-3-5-7-14)11-19-17-10-15(20-13(2)21)8-9-16(17)18/h3-10,12,19H,11H2,1-2H3,(H,20,21). The van der Waals surface area contributed by atoms with Crippen molar-refractivity contribution in [3.05, 3.63) is 59.9 Å². The lowest BCUT2D eigenvalue weighted by Gasteiger charge is -2.15. The number of carbonyl (C=O) groups is 1. The third-order valence-corrected chi connectivity index (χ3v) is 3.25.